The second kappa shape index (κ2) is 8.12. The Morgan fingerprint density at radius 2 is 1.07 bits per heavy atom. The fourth-order valence-electron chi connectivity index (χ4n) is 4.76. The first-order chi connectivity index (χ1) is 14.8. The van der Waals surface area contributed by atoms with Crippen molar-refractivity contribution < 1.29 is 4.79 Å². The van der Waals surface area contributed by atoms with Crippen molar-refractivity contribution in [3.05, 3.63) is 125 Å². The van der Waals surface area contributed by atoms with Gasteiger partial charge in [0.05, 0.1) is 0 Å². The largest absolute Gasteiger partial charge is 0.289 e. The molecule has 0 saturated carbocycles. The summed E-state index contributed by atoms with van der Waals surface area (Å²) in [6.45, 7) is 0. The van der Waals surface area contributed by atoms with E-state index in [2.05, 4.69) is 60.7 Å². The summed E-state index contributed by atoms with van der Waals surface area (Å²) in [6.07, 6.45) is 7.66. The van der Waals surface area contributed by atoms with Crippen LogP contribution in [0.5, 0.6) is 0 Å². The smallest absolute Gasteiger partial charge is 0.195 e. The molecule has 1 nitrogen and oxygen atoms in total. The molecule has 0 amide bonds. The normalized spacial score (nSPS) is 18.9. The highest BCUT2D eigenvalue weighted by Gasteiger charge is 2.37. The molecule has 2 aliphatic carbocycles. The number of hydrogen-bond donors (Lipinski definition) is 0. The van der Waals surface area contributed by atoms with Gasteiger partial charge in [-0.3, -0.25) is 4.79 Å². The van der Waals surface area contributed by atoms with Crippen LogP contribution in [0.2, 0.25) is 0 Å². The van der Waals surface area contributed by atoms with E-state index in [4.69, 9.17) is 0 Å². The van der Waals surface area contributed by atoms with E-state index in [9.17, 15) is 4.79 Å². The van der Waals surface area contributed by atoms with Crippen molar-refractivity contribution in [2.24, 2.45) is 5.92 Å². The first-order valence-electron chi connectivity index (χ1n) is 10.7. The van der Waals surface area contributed by atoms with E-state index in [1.165, 1.54) is 5.57 Å². The molecule has 1 unspecified atom stereocenters. The van der Waals surface area contributed by atoms with Gasteiger partial charge in [0.25, 0.3) is 0 Å². The van der Waals surface area contributed by atoms with E-state index in [1.807, 2.05) is 42.5 Å². The highest BCUT2D eigenvalue weighted by atomic mass is 16.1. The summed E-state index contributed by atoms with van der Waals surface area (Å²) in [5.41, 5.74) is 7.20. The fourth-order valence-corrected chi connectivity index (χ4v) is 4.76. The number of ketones is 1. The van der Waals surface area contributed by atoms with Crippen molar-refractivity contribution in [3.63, 3.8) is 0 Å². The highest BCUT2D eigenvalue weighted by molar-refractivity contribution is 6.52. The van der Waals surface area contributed by atoms with E-state index in [-0.39, 0.29) is 5.78 Å². The van der Waals surface area contributed by atoms with Crippen molar-refractivity contribution in [1.82, 2.24) is 0 Å². The summed E-state index contributed by atoms with van der Waals surface area (Å²) in [5.74, 6) is 0.501. The lowest BCUT2D eigenvalue weighted by Gasteiger charge is -2.24. The van der Waals surface area contributed by atoms with Gasteiger partial charge in [-0.2, -0.15) is 0 Å². The van der Waals surface area contributed by atoms with Crippen LogP contribution in [-0.2, 0) is 4.79 Å². The average Bonchev–Trinajstić information content (AvgIpc) is 3.14. The third-order valence-electron chi connectivity index (χ3n) is 6.11. The second-order valence-electron chi connectivity index (χ2n) is 7.95. The molecular weight excluding hydrogens is 364 g/mol. The zero-order valence-corrected chi connectivity index (χ0v) is 16.9. The maximum atomic E-state index is 14.0. The molecule has 5 rings (SSSR count). The van der Waals surface area contributed by atoms with Crippen LogP contribution in [0.3, 0.4) is 0 Å². The standard InChI is InChI=1S/C29H24O/c30-29-27(23-17-9-3-10-18-23)25(21-13-5-1-6-14-21)26(22-15-7-2-8-16-22)28(29)24-19-11-4-12-20-24/h1-7,9-14,17-20,22H,8,15-16H2. The Hall–Kier alpha value is -3.45. The summed E-state index contributed by atoms with van der Waals surface area (Å²) >= 11 is 0. The Labute approximate surface area is 178 Å². The lowest BCUT2D eigenvalue weighted by atomic mass is 9.80. The van der Waals surface area contributed by atoms with Gasteiger partial charge in [-0.15, -0.1) is 0 Å². The third kappa shape index (κ3) is 3.27. The summed E-state index contributed by atoms with van der Waals surface area (Å²) in [7, 11) is 0. The maximum Gasteiger partial charge on any atom is 0.195 e. The molecule has 0 fully saturated rings. The van der Waals surface area contributed by atoms with Crippen molar-refractivity contribution in [1.29, 1.82) is 0 Å². The van der Waals surface area contributed by atoms with Gasteiger partial charge >= 0.3 is 0 Å². The molecule has 2 aliphatic rings. The molecule has 0 aliphatic heterocycles. The number of rotatable bonds is 4. The Balaban J connectivity index is 1.81. The molecule has 0 aromatic heterocycles. The molecule has 1 heteroatoms. The molecule has 0 bridgehead atoms. The zero-order valence-electron chi connectivity index (χ0n) is 16.9. The van der Waals surface area contributed by atoms with Crippen LogP contribution in [0, 0.1) is 5.92 Å². The van der Waals surface area contributed by atoms with Crippen LogP contribution in [0.1, 0.15) is 36.0 Å². The summed E-state index contributed by atoms with van der Waals surface area (Å²) in [5, 5.41) is 0. The molecule has 0 spiro atoms. The minimum absolute atomic E-state index is 0.149. The Bertz CT molecular complexity index is 1150. The molecule has 30 heavy (non-hydrogen) atoms. The molecule has 3 aromatic carbocycles. The lowest BCUT2D eigenvalue weighted by molar-refractivity contribution is -0.108. The number of Topliss-reactive ketones (excluding diaryl/α,β-unsaturated/α-hetero) is 1. The van der Waals surface area contributed by atoms with E-state index < -0.39 is 0 Å². The predicted molar refractivity (Wildman–Crippen MR) is 125 cm³/mol. The van der Waals surface area contributed by atoms with Crippen LogP contribution >= 0.6 is 0 Å². The summed E-state index contributed by atoms with van der Waals surface area (Å²) in [6, 6.07) is 30.8. The Kier molecular flexibility index (Phi) is 5.03. The summed E-state index contributed by atoms with van der Waals surface area (Å²) in [4.78, 5) is 14.0. The number of allylic oxidation sites excluding steroid dienone is 6. The van der Waals surface area contributed by atoms with Crippen molar-refractivity contribution in [2.45, 2.75) is 19.3 Å². The van der Waals surface area contributed by atoms with Gasteiger partial charge < -0.3 is 0 Å². The van der Waals surface area contributed by atoms with Crippen molar-refractivity contribution in [3.8, 4) is 0 Å². The van der Waals surface area contributed by atoms with Gasteiger partial charge in [0.2, 0.25) is 0 Å². The highest BCUT2D eigenvalue weighted by Crippen LogP contribution is 2.50. The first-order valence-corrected chi connectivity index (χ1v) is 10.7. The minimum Gasteiger partial charge on any atom is -0.289 e. The molecule has 3 aromatic rings. The first kappa shape index (κ1) is 18.6. The number of benzene rings is 3. The Morgan fingerprint density at radius 1 is 0.567 bits per heavy atom. The number of carbonyl (C=O) groups is 1. The topological polar surface area (TPSA) is 17.1 Å². The monoisotopic (exact) mass is 388 g/mol. The minimum atomic E-state index is 0.149. The van der Waals surface area contributed by atoms with Gasteiger partial charge in [0, 0.05) is 11.1 Å². The predicted octanol–water partition coefficient (Wildman–Crippen LogP) is 6.99. The van der Waals surface area contributed by atoms with E-state index in [1.54, 1.807) is 0 Å². The van der Waals surface area contributed by atoms with E-state index in [0.29, 0.717) is 5.92 Å². The third-order valence-corrected chi connectivity index (χ3v) is 6.11. The molecule has 0 N–H and O–H groups in total. The van der Waals surface area contributed by atoms with Gasteiger partial charge in [0.1, 0.15) is 0 Å². The van der Waals surface area contributed by atoms with Gasteiger partial charge in [-0.25, -0.2) is 0 Å². The van der Waals surface area contributed by atoms with Gasteiger partial charge in [0.15, 0.2) is 5.78 Å². The molecule has 146 valence electrons. The SMILES string of the molecule is O=C1C(c2ccccc2)=C(c2ccccc2)C(C2CC=CCC2)=C1c1ccccc1. The number of carbonyl (C=O) groups excluding carboxylic acids is 1. The molecule has 0 saturated heterocycles. The van der Waals surface area contributed by atoms with Crippen molar-refractivity contribution >= 4 is 22.5 Å². The van der Waals surface area contributed by atoms with E-state index in [0.717, 1.165) is 52.7 Å². The molecule has 0 radical (unpaired) electrons. The maximum absolute atomic E-state index is 14.0. The van der Waals surface area contributed by atoms with Crippen LogP contribution < -0.4 is 0 Å². The van der Waals surface area contributed by atoms with Crippen molar-refractivity contribution in [2.75, 3.05) is 0 Å². The summed E-state index contributed by atoms with van der Waals surface area (Å²) < 4.78 is 0. The quantitative estimate of drug-likeness (QED) is 0.440. The molecule has 1 atom stereocenters. The number of hydrogen-bond acceptors (Lipinski definition) is 1. The fraction of sp³-hybridized carbons (Fsp3) is 0.138. The van der Waals surface area contributed by atoms with Crippen LogP contribution in [-0.4, -0.2) is 5.78 Å². The lowest BCUT2D eigenvalue weighted by Crippen LogP contribution is -2.09. The van der Waals surface area contributed by atoms with Crippen LogP contribution in [0.15, 0.2) is 109 Å². The Morgan fingerprint density at radius 3 is 1.57 bits per heavy atom. The van der Waals surface area contributed by atoms with Crippen LogP contribution in [0.25, 0.3) is 16.7 Å². The second-order valence-corrected chi connectivity index (χ2v) is 7.95. The molecule has 0 heterocycles. The van der Waals surface area contributed by atoms with Gasteiger partial charge in [-0.1, -0.05) is 103 Å². The molecular formula is C29H24O. The van der Waals surface area contributed by atoms with Crippen LogP contribution in [0.4, 0.5) is 0 Å². The van der Waals surface area contributed by atoms with Gasteiger partial charge in [-0.05, 0) is 53.0 Å². The zero-order chi connectivity index (χ0) is 20.3. The average molecular weight is 389 g/mol. The van der Waals surface area contributed by atoms with E-state index >= 15 is 0 Å².